The second-order valence-corrected chi connectivity index (χ2v) is 2.13. The van der Waals surface area contributed by atoms with Crippen molar-refractivity contribution in [2.45, 2.75) is 6.67 Å². The molecule has 0 atom stereocenters. The Hall–Kier alpha value is -1.25. The first-order chi connectivity index (χ1) is 5.27. The molecule has 0 unspecified atom stereocenters. The summed E-state index contributed by atoms with van der Waals surface area (Å²) in [7, 11) is 1.49. The van der Waals surface area contributed by atoms with E-state index in [2.05, 4.69) is 0 Å². The van der Waals surface area contributed by atoms with Crippen LogP contribution in [-0.4, -0.2) is 12.2 Å². The van der Waals surface area contributed by atoms with Crippen molar-refractivity contribution in [3.63, 3.8) is 0 Å². The minimum absolute atomic E-state index is 0.0631. The Morgan fingerprint density at radius 3 is 2.73 bits per heavy atom. The van der Waals surface area contributed by atoms with Crippen LogP contribution in [-0.2, 0) is 6.67 Å². The summed E-state index contributed by atoms with van der Waals surface area (Å²) in [6, 6.07) is 4.48. The minimum Gasteiger partial charge on any atom is -0.507 e. The van der Waals surface area contributed by atoms with Gasteiger partial charge in [0.25, 0.3) is 0 Å². The van der Waals surface area contributed by atoms with E-state index >= 15 is 0 Å². The van der Waals surface area contributed by atoms with Crippen LogP contribution in [0.5, 0.6) is 11.5 Å². The second kappa shape index (κ2) is 3.23. The van der Waals surface area contributed by atoms with E-state index in [-0.39, 0.29) is 11.3 Å². The highest BCUT2D eigenvalue weighted by Crippen LogP contribution is 2.23. The van der Waals surface area contributed by atoms with Crippen LogP contribution in [0.4, 0.5) is 4.39 Å². The lowest BCUT2D eigenvalue weighted by atomic mass is 10.2. The summed E-state index contributed by atoms with van der Waals surface area (Å²) in [5, 5.41) is 9.10. The van der Waals surface area contributed by atoms with E-state index < -0.39 is 6.67 Å². The zero-order valence-electron chi connectivity index (χ0n) is 6.17. The molecule has 0 aromatic heterocycles. The lowest BCUT2D eigenvalue weighted by molar-refractivity contribution is 0.400. The molecule has 0 fully saturated rings. The van der Waals surface area contributed by atoms with E-state index in [1.165, 1.54) is 19.2 Å². The van der Waals surface area contributed by atoms with Gasteiger partial charge in [-0.15, -0.1) is 0 Å². The van der Waals surface area contributed by atoms with Gasteiger partial charge in [0.15, 0.2) is 0 Å². The third-order valence-corrected chi connectivity index (χ3v) is 1.44. The number of aromatic hydroxyl groups is 1. The van der Waals surface area contributed by atoms with Gasteiger partial charge in [0.2, 0.25) is 0 Å². The fraction of sp³-hybridized carbons (Fsp3) is 0.250. The summed E-state index contributed by atoms with van der Waals surface area (Å²) < 4.78 is 16.8. The van der Waals surface area contributed by atoms with E-state index in [0.717, 1.165) is 0 Å². The van der Waals surface area contributed by atoms with E-state index in [1.807, 2.05) is 0 Å². The van der Waals surface area contributed by atoms with Crippen LogP contribution >= 0.6 is 0 Å². The summed E-state index contributed by atoms with van der Waals surface area (Å²) in [4.78, 5) is 0. The van der Waals surface area contributed by atoms with Gasteiger partial charge in [0, 0.05) is 11.6 Å². The fourth-order valence-electron chi connectivity index (χ4n) is 0.784. The fourth-order valence-corrected chi connectivity index (χ4v) is 0.784. The Kier molecular flexibility index (Phi) is 2.31. The van der Waals surface area contributed by atoms with Crippen molar-refractivity contribution in [3.05, 3.63) is 23.8 Å². The Morgan fingerprint density at radius 2 is 2.27 bits per heavy atom. The smallest absolute Gasteiger partial charge is 0.125 e. The molecule has 0 heterocycles. The van der Waals surface area contributed by atoms with Gasteiger partial charge in [-0.2, -0.15) is 0 Å². The molecular weight excluding hydrogens is 147 g/mol. The molecule has 0 bridgehead atoms. The minimum atomic E-state index is -0.657. The summed E-state index contributed by atoms with van der Waals surface area (Å²) in [6.07, 6.45) is 0. The second-order valence-electron chi connectivity index (χ2n) is 2.13. The van der Waals surface area contributed by atoms with Crippen LogP contribution in [0.3, 0.4) is 0 Å². The quantitative estimate of drug-likeness (QED) is 0.708. The number of methoxy groups -OCH3 is 1. The van der Waals surface area contributed by atoms with Crippen molar-refractivity contribution >= 4 is 0 Å². The maximum atomic E-state index is 12.0. The third kappa shape index (κ3) is 1.61. The molecule has 1 rings (SSSR count). The Morgan fingerprint density at radius 1 is 1.55 bits per heavy atom. The number of hydrogen-bond acceptors (Lipinski definition) is 2. The molecule has 0 aliphatic carbocycles. The van der Waals surface area contributed by atoms with E-state index in [1.54, 1.807) is 6.07 Å². The van der Waals surface area contributed by atoms with Gasteiger partial charge in [-0.25, -0.2) is 4.39 Å². The molecule has 1 aromatic carbocycles. The molecule has 1 N–H and O–H groups in total. The van der Waals surface area contributed by atoms with Gasteiger partial charge in [-0.05, 0) is 12.1 Å². The molecule has 0 saturated heterocycles. The first kappa shape index (κ1) is 7.85. The first-order valence-corrected chi connectivity index (χ1v) is 3.19. The van der Waals surface area contributed by atoms with E-state index in [9.17, 15) is 4.39 Å². The lowest BCUT2D eigenvalue weighted by Crippen LogP contribution is -1.84. The average molecular weight is 156 g/mol. The van der Waals surface area contributed by atoms with Gasteiger partial charge in [-0.1, -0.05) is 0 Å². The number of hydrogen-bond donors (Lipinski definition) is 1. The molecular formula is C8H9FO2. The number of rotatable bonds is 2. The molecule has 1 aromatic rings. The molecule has 0 aliphatic heterocycles. The summed E-state index contributed by atoms with van der Waals surface area (Å²) in [5.74, 6) is 0.464. The Balaban J connectivity index is 2.99. The summed E-state index contributed by atoms with van der Waals surface area (Å²) >= 11 is 0. The van der Waals surface area contributed by atoms with Crippen LogP contribution in [0.25, 0.3) is 0 Å². The normalized spacial score (nSPS) is 9.64. The molecule has 0 spiro atoms. The van der Waals surface area contributed by atoms with Gasteiger partial charge < -0.3 is 9.84 Å². The molecule has 3 heteroatoms. The number of benzene rings is 1. The van der Waals surface area contributed by atoms with Gasteiger partial charge in [0.05, 0.1) is 7.11 Å². The Bertz CT molecular complexity index is 248. The molecule has 0 radical (unpaired) electrons. The van der Waals surface area contributed by atoms with Crippen molar-refractivity contribution in [1.82, 2.24) is 0 Å². The molecule has 0 amide bonds. The highest BCUT2D eigenvalue weighted by Gasteiger charge is 2.00. The predicted octanol–water partition coefficient (Wildman–Crippen LogP) is 1.87. The van der Waals surface area contributed by atoms with Crippen LogP contribution in [0, 0.1) is 0 Å². The van der Waals surface area contributed by atoms with Gasteiger partial charge in [-0.3, -0.25) is 0 Å². The van der Waals surface area contributed by atoms with Crippen LogP contribution in [0.15, 0.2) is 18.2 Å². The number of phenols is 1. The highest BCUT2D eigenvalue weighted by atomic mass is 19.1. The predicted molar refractivity (Wildman–Crippen MR) is 39.5 cm³/mol. The molecule has 0 saturated carbocycles. The van der Waals surface area contributed by atoms with Crippen LogP contribution in [0.2, 0.25) is 0 Å². The first-order valence-electron chi connectivity index (χ1n) is 3.19. The SMILES string of the molecule is COc1ccc(CF)c(O)c1. The molecule has 2 nitrogen and oxygen atoms in total. The van der Waals surface area contributed by atoms with Crippen molar-refractivity contribution < 1.29 is 14.2 Å². The molecule has 11 heavy (non-hydrogen) atoms. The topological polar surface area (TPSA) is 29.5 Å². The van der Waals surface area contributed by atoms with Crippen LogP contribution < -0.4 is 4.74 Å². The molecule has 60 valence electrons. The van der Waals surface area contributed by atoms with Crippen molar-refractivity contribution in [2.24, 2.45) is 0 Å². The number of halogens is 1. The van der Waals surface area contributed by atoms with Crippen molar-refractivity contribution in [1.29, 1.82) is 0 Å². The lowest BCUT2D eigenvalue weighted by Gasteiger charge is -2.02. The van der Waals surface area contributed by atoms with Crippen molar-refractivity contribution in [3.8, 4) is 11.5 Å². The molecule has 0 aliphatic rings. The average Bonchev–Trinajstić information content (AvgIpc) is 2.04. The largest absolute Gasteiger partial charge is 0.507 e. The maximum Gasteiger partial charge on any atom is 0.125 e. The van der Waals surface area contributed by atoms with Crippen molar-refractivity contribution in [2.75, 3.05) is 7.11 Å². The number of phenolic OH excluding ortho intramolecular Hbond substituents is 1. The third-order valence-electron chi connectivity index (χ3n) is 1.44. The van der Waals surface area contributed by atoms with E-state index in [4.69, 9.17) is 9.84 Å². The zero-order valence-corrected chi connectivity index (χ0v) is 6.17. The highest BCUT2D eigenvalue weighted by molar-refractivity contribution is 5.39. The number of alkyl halides is 1. The summed E-state index contributed by atoms with van der Waals surface area (Å²) in [6.45, 7) is -0.657. The monoisotopic (exact) mass is 156 g/mol. The van der Waals surface area contributed by atoms with E-state index in [0.29, 0.717) is 5.75 Å². The summed E-state index contributed by atoms with van der Waals surface area (Å²) in [5.41, 5.74) is 0.283. The van der Waals surface area contributed by atoms with Gasteiger partial charge >= 0.3 is 0 Å². The van der Waals surface area contributed by atoms with Gasteiger partial charge in [0.1, 0.15) is 18.2 Å². The zero-order chi connectivity index (χ0) is 8.27. The standard InChI is InChI=1S/C8H9FO2/c1-11-7-3-2-6(5-9)8(10)4-7/h2-4,10H,5H2,1H3. The number of ether oxygens (including phenoxy) is 1. The Labute approximate surface area is 64.2 Å². The maximum absolute atomic E-state index is 12.0. The van der Waals surface area contributed by atoms with Crippen LogP contribution in [0.1, 0.15) is 5.56 Å².